The Kier molecular flexibility index (Phi) is 2.51. The minimum absolute atomic E-state index is 1.06. The smallest absolute Gasteiger partial charge is 0.0331 e. The summed E-state index contributed by atoms with van der Waals surface area (Å²) in [4.78, 5) is 3.74. The van der Waals surface area contributed by atoms with Gasteiger partial charge in [-0.15, -0.1) is 11.3 Å². The second-order valence-corrected chi connectivity index (χ2v) is 4.68. The fourth-order valence-corrected chi connectivity index (χ4v) is 2.71. The summed E-state index contributed by atoms with van der Waals surface area (Å²) < 4.78 is 0. The molecule has 1 nitrogen and oxygen atoms in total. The van der Waals surface area contributed by atoms with Crippen molar-refractivity contribution in [2.75, 3.05) is 20.6 Å². The summed E-state index contributed by atoms with van der Waals surface area (Å²) >= 11 is 1.89. The Morgan fingerprint density at radius 3 is 3.08 bits per heavy atom. The lowest BCUT2D eigenvalue weighted by atomic mass is 10.2. The van der Waals surface area contributed by atoms with E-state index >= 15 is 0 Å². The normalized spacial score (nSPS) is 18.5. The number of allylic oxidation sites excluding steroid dienone is 1. The summed E-state index contributed by atoms with van der Waals surface area (Å²) in [6.07, 6.45) is 4.86. The van der Waals surface area contributed by atoms with Gasteiger partial charge in [-0.05, 0) is 49.5 Å². The van der Waals surface area contributed by atoms with E-state index in [9.17, 15) is 0 Å². The lowest BCUT2D eigenvalue weighted by Gasteiger charge is -2.05. The first-order chi connectivity index (χ1) is 6.27. The average Bonchev–Trinajstić information content (AvgIpc) is 2.60. The molecule has 0 saturated carbocycles. The van der Waals surface area contributed by atoms with E-state index in [0.29, 0.717) is 0 Å². The number of hydrogen-bond donors (Lipinski definition) is 0. The maximum atomic E-state index is 2.36. The number of nitrogens with zero attached hydrogens (tertiary/aromatic N) is 1. The Balaban J connectivity index is 2.16. The molecule has 1 aromatic heterocycles. The van der Waals surface area contributed by atoms with E-state index in [1.54, 1.807) is 11.1 Å². The molecule has 0 aliphatic heterocycles. The van der Waals surface area contributed by atoms with Gasteiger partial charge in [-0.3, -0.25) is 0 Å². The summed E-state index contributed by atoms with van der Waals surface area (Å²) in [6.45, 7) is 1.06. The predicted octanol–water partition coefficient (Wildman–Crippen LogP) is 2.64. The van der Waals surface area contributed by atoms with Crippen LogP contribution in [0.3, 0.4) is 0 Å². The molecule has 0 spiro atoms. The molecule has 0 N–H and O–H groups in total. The summed E-state index contributed by atoms with van der Waals surface area (Å²) in [6, 6.07) is 2.26. The van der Waals surface area contributed by atoms with Crippen molar-refractivity contribution in [3.05, 3.63) is 28.0 Å². The van der Waals surface area contributed by atoms with Crippen molar-refractivity contribution >= 4 is 16.9 Å². The summed E-state index contributed by atoms with van der Waals surface area (Å²) in [7, 11) is 4.22. The van der Waals surface area contributed by atoms with Crippen LogP contribution in [0.1, 0.15) is 16.9 Å². The van der Waals surface area contributed by atoms with E-state index in [1.165, 1.54) is 17.7 Å². The van der Waals surface area contributed by atoms with E-state index in [0.717, 1.165) is 6.54 Å². The molecule has 70 valence electrons. The lowest BCUT2D eigenvalue weighted by molar-refractivity contribution is 0.457. The highest BCUT2D eigenvalue weighted by molar-refractivity contribution is 7.11. The maximum Gasteiger partial charge on any atom is 0.0331 e. The van der Waals surface area contributed by atoms with E-state index in [1.807, 2.05) is 11.3 Å². The molecule has 1 aliphatic rings. The highest BCUT2D eigenvalue weighted by Crippen LogP contribution is 2.35. The highest BCUT2D eigenvalue weighted by Gasteiger charge is 2.16. The van der Waals surface area contributed by atoms with Gasteiger partial charge >= 0.3 is 0 Å². The number of fused-ring (bicyclic) bond motifs is 1. The van der Waals surface area contributed by atoms with Crippen LogP contribution in [-0.2, 0) is 6.42 Å². The summed E-state index contributed by atoms with van der Waals surface area (Å²) in [5, 5.41) is 2.20. The molecule has 13 heavy (non-hydrogen) atoms. The van der Waals surface area contributed by atoms with Crippen molar-refractivity contribution in [2.45, 2.75) is 12.8 Å². The Morgan fingerprint density at radius 1 is 1.46 bits per heavy atom. The van der Waals surface area contributed by atoms with Crippen molar-refractivity contribution in [1.82, 2.24) is 4.90 Å². The van der Waals surface area contributed by atoms with Crippen LogP contribution in [0.4, 0.5) is 0 Å². The van der Waals surface area contributed by atoms with E-state index in [-0.39, 0.29) is 0 Å². The molecule has 2 heteroatoms. The van der Waals surface area contributed by atoms with E-state index < -0.39 is 0 Å². The fraction of sp³-hybridized carbons (Fsp3) is 0.455. The average molecular weight is 193 g/mol. The third kappa shape index (κ3) is 1.84. The zero-order valence-corrected chi connectivity index (χ0v) is 9.03. The van der Waals surface area contributed by atoms with Gasteiger partial charge in [0.2, 0.25) is 0 Å². The van der Waals surface area contributed by atoms with Gasteiger partial charge in [0.15, 0.2) is 0 Å². The third-order valence-electron chi connectivity index (χ3n) is 2.40. The Bertz CT molecular complexity index is 323. The van der Waals surface area contributed by atoms with Gasteiger partial charge in [-0.2, -0.15) is 0 Å². The minimum Gasteiger partial charge on any atom is -0.306 e. The van der Waals surface area contributed by atoms with Crippen LogP contribution in [0.15, 0.2) is 17.5 Å². The largest absolute Gasteiger partial charge is 0.306 e. The molecule has 0 aromatic carbocycles. The molecule has 0 fully saturated rings. The van der Waals surface area contributed by atoms with Gasteiger partial charge in [0.25, 0.3) is 0 Å². The van der Waals surface area contributed by atoms with Crippen LogP contribution in [-0.4, -0.2) is 25.5 Å². The number of aryl methyl sites for hydroxylation is 1. The molecule has 0 atom stereocenters. The van der Waals surface area contributed by atoms with Crippen molar-refractivity contribution in [2.24, 2.45) is 0 Å². The molecule has 0 radical (unpaired) electrons. The van der Waals surface area contributed by atoms with Gasteiger partial charge in [-0.1, -0.05) is 6.08 Å². The fourth-order valence-electron chi connectivity index (χ4n) is 1.68. The van der Waals surface area contributed by atoms with Crippen LogP contribution in [0.25, 0.3) is 5.57 Å². The summed E-state index contributed by atoms with van der Waals surface area (Å²) in [5.41, 5.74) is 3.11. The third-order valence-corrected chi connectivity index (χ3v) is 3.44. The molecule has 1 aliphatic carbocycles. The Labute approximate surface area is 83.7 Å². The summed E-state index contributed by atoms with van der Waals surface area (Å²) in [5.74, 6) is 0. The molecular formula is C11H15NS. The maximum absolute atomic E-state index is 2.36. The van der Waals surface area contributed by atoms with Gasteiger partial charge in [-0.25, -0.2) is 0 Å². The second-order valence-electron chi connectivity index (χ2n) is 3.77. The quantitative estimate of drug-likeness (QED) is 0.698. The lowest BCUT2D eigenvalue weighted by Crippen LogP contribution is -2.10. The SMILES string of the molecule is CN(C)C/C=C1\CCc2ccsc21. The monoisotopic (exact) mass is 193 g/mol. The van der Waals surface area contributed by atoms with Crippen LogP contribution in [0.5, 0.6) is 0 Å². The Hall–Kier alpha value is -0.600. The van der Waals surface area contributed by atoms with Crippen LogP contribution in [0.2, 0.25) is 0 Å². The first-order valence-corrected chi connectivity index (χ1v) is 5.56. The van der Waals surface area contributed by atoms with Crippen LogP contribution in [0, 0.1) is 0 Å². The predicted molar refractivity (Wildman–Crippen MR) is 59.2 cm³/mol. The van der Waals surface area contributed by atoms with Crippen LogP contribution >= 0.6 is 11.3 Å². The van der Waals surface area contributed by atoms with E-state index in [2.05, 4.69) is 36.5 Å². The minimum atomic E-state index is 1.06. The van der Waals surface area contributed by atoms with Crippen molar-refractivity contribution in [3.8, 4) is 0 Å². The molecule has 1 aromatic rings. The zero-order valence-electron chi connectivity index (χ0n) is 8.21. The topological polar surface area (TPSA) is 3.24 Å². The van der Waals surface area contributed by atoms with E-state index in [4.69, 9.17) is 0 Å². The standard InChI is InChI=1S/C11H15NS/c1-12(2)7-5-9-3-4-10-6-8-13-11(9)10/h5-6,8H,3-4,7H2,1-2H3/b9-5+. The number of hydrogen-bond acceptors (Lipinski definition) is 2. The van der Waals surface area contributed by atoms with Crippen molar-refractivity contribution in [1.29, 1.82) is 0 Å². The second kappa shape index (κ2) is 3.64. The number of thiophene rings is 1. The van der Waals surface area contributed by atoms with Gasteiger partial charge in [0, 0.05) is 11.4 Å². The van der Waals surface area contributed by atoms with Gasteiger partial charge in [0.1, 0.15) is 0 Å². The first-order valence-electron chi connectivity index (χ1n) is 4.68. The van der Waals surface area contributed by atoms with Crippen molar-refractivity contribution in [3.63, 3.8) is 0 Å². The number of rotatable bonds is 2. The van der Waals surface area contributed by atoms with Crippen molar-refractivity contribution < 1.29 is 0 Å². The number of likely N-dealkylation sites (N-methyl/N-ethyl adjacent to an activating group) is 1. The molecule has 2 rings (SSSR count). The molecule has 0 unspecified atom stereocenters. The van der Waals surface area contributed by atoms with Gasteiger partial charge < -0.3 is 4.90 Å². The molecule has 0 saturated heterocycles. The first kappa shape index (κ1) is 8.97. The highest BCUT2D eigenvalue weighted by atomic mass is 32.1. The molecule has 1 heterocycles. The van der Waals surface area contributed by atoms with Crippen LogP contribution < -0.4 is 0 Å². The molecular weight excluding hydrogens is 178 g/mol. The Morgan fingerprint density at radius 2 is 2.31 bits per heavy atom. The zero-order chi connectivity index (χ0) is 9.26. The van der Waals surface area contributed by atoms with Gasteiger partial charge in [0.05, 0.1) is 0 Å². The molecule has 0 amide bonds. The molecule has 0 bridgehead atoms.